The number of carbonyl (C=O) groups is 1. The molecule has 0 fully saturated rings. The number of aromatic nitrogens is 4. The molecule has 3 N–H and O–H groups in total. The number of fused-ring (bicyclic) bond motifs is 1. The fourth-order valence-corrected chi connectivity index (χ4v) is 5.06. The van der Waals surface area contributed by atoms with Crippen LogP contribution in [0, 0.1) is 5.41 Å². The standard InChI is InChI=1S/C26H19N7O2S/c27-24-23(26-31-19-6-1-2-7-21(19)36-26)20(34)14-33(24)18-5-3-4-16(12-18)25(35)30-17-8-9-22(29-13-17)32-11-10-28-15-32/h1-13,15,27,34H,14H2,(H,30,35). The Morgan fingerprint density at radius 2 is 2.00 bits per heavy atom. The van der Waals surface area contributed by atoms with Gasteiger partial charge >= 0.3 is 0 Å². The normalized spacial score (nSPS) is 13.6. The Balaban J connectivity index is 1.20. The second-order valence-corrected chi connectivity index (χ2v) is 9.15. The largest absolute Gasteiger partial charge is 0.510 e. The second-order valence-electron chi connectivity index (χ2n) is 8.12. The van der Waals surface area contributed by atoms with Crippen LogP contribution in [-0.2, 0) is 0 Å². The first kappa shape index (κ1) is 21.7. The van der Waals surface area contributed by atoms with Gasteiger partial charge < -0.3 is 15.3 Å². The molecule has 1 aliphatic rings. The fraction of sp³-hybridized carbons (Fsp3) is 0.0385. The second kappa shape index (κ2) is 8.75. The summed E-state index contributed by atoms with van der Waals surface area (Å²) in [6, 6.07) is 18.2. The summed E-state index contributed by atoms with van der Waals surface area (Å²) in [6.07, 6.45) is 6.69. The van der Waals surface area contributed by atoms with Gasteiger partial charge in [0.05, 0.1) is 34.2 Å². The number of pyridine rings is 1. The van der Waals surface area contributed by atoms with E-state index in [9.17, 15) is 9.90 Å². The van der Waals surface area contributed by atoms with Crippen LogP contribution in [0.1, 0.15) is 15.4 Å². The molecule has 0 atom stereocenters. The van der Waals surface area contributed by atoms with E-state index in [-0.39, 0.29) is 24.0 Å². The van der Waals surface area contributed by atoms with Crippen LogP contribution < -0.4 is 10.2 Å². The van der Waals surface area contributed by atoms with Crippen LogP contribution in [0.2, 0.25) is 0 Å². The minimum atomic E-state index is -0.302. The molecule has 6 rings (SSSR count). The number of aliphatic hydroxyl groups excluding tert-OH is 1. The molecule has 0 spiro atoms. The van der Waals surface area contributed by atoms with Crippen molar-refractivity contribution >= 4 is 50.2 Å². The van der Waals surface area contributed by atoms with Gasteiger partial charge in [-0.05, 0) is 42.5 Å². The van der Waals surface area contributed by atoms with Gasteiger partial charge in [0.25, 0.3) is 5.91 Å². The van der Waals surface area contributed by atoms with Crippen LogP contribution in [0.25, 0.3) is 21.6 Å². The lowest BCUT2D eigenvalue weighted by Crippen LogP contribution is -2.26. The minimum Gasteiger partial charge on any atom is -0.510 e. The van der Waals surface area contributed by atoms with Crippen molar-refractivity contribution < 1.29 is 9.90 Å². The zero-order valence-corrected chi connectivity index (χ0v) is 19.6. The van der Waals surface area contributed by atoms with Gasteiger partial charge in [-0.3, -0.25) is 14.8 Å². The van der Waals surface area contributed by atoms with Crippen molar-refractivity contribution in [3.8, 4) is 5.82 Å². The molecule has 176 valence electrons. The lowest BCUT2D eigenvalue weighted by atomic mass is 10.1. The quantitative estimate of drug-likeness (QED) is 0.320. The van der Waals surface area contributed by atoms with E-state index < -0.39 is 0 Å². The van der Waals surface area contributed by atoms with Gasteiger partial charge in [-0.25, -0.2) is 15.0 Å². The number of aliphatic hydroxyl groups is 1. The number of nitrogens with zero attached hydrogens (tertiary/aromatic N) is 5. The molecule has 36 heavy (non-hydrogen) atoms. The van der Waals surface area contributed by atoms with Crippen molar-refractivity contribution in [1.82, 2.24) is 19.5 Å². The number of benzene rings is 2. The molecule has 0 saturated heterocycles. The molecule has 10 heteroatoms. The van der Waals surface area contributed by atoms with Crippen molar-refractivity contribution in [2.45, 2.75) is 0 Å². The van der Waals surface area contributed by atoms with E-state index in [4.69, 9.17) is 5.41 Å². The van der Waals surface area contributed by atoms with Crippen molar-refractivity contribution in [2.24, 2.45) is 0 Å². The van der Waals surface area contributed by atoms with Crippen molar-refractivity contribution in [3.63, 3.8) is 0 Å². The van der Waals surface area contributed by atoms with E-state index in [0.717, 1.165) is 10.2 Å². The molecule has 9 nitrogen and oxygen atoms in total. The van der Waals surface area contributed by atoms with E-state index in [1.54, 1.807) is 70.8 Å². The average Bonchev–Trinajstić information content (AvgIpc) is 3.63. The highest BCUT2D eigenvalue weighted by Gasteiger charge is 2.31. The van der Waals surface area contributed by atoms with Gasteiger partial charge in [-0.15, -0.1) is 11.3 Å². The summed E-state index contributed by atoms with van der Waals surface area (Å²) in [5.41, 5.74) is 2.85. The molecule has 3 aromatic heterocycles. The van der Waals surface area contributed by atoms with Crippen LogP contribution in [-0.4, -0.2) is 42.9 Å². The van der Waals surface area contributed by atoms with E-state index >= 15 is 0 Å². The predicted molar refractivity (Wildman–Crippen MR) is 140 cm³/mol. The van der Waals surface area contributed by atoms with Crippen LogP contribution in [0.3, 0.4) is 0 Å². The summed E-state index contributed by atoms with van der Waals surface area (Å²) < 4.78 is 2.76. The summed E-state index contributed by atoms with van der Waals surface area (Å²) in [5, 5.41) is 22.9. The van der Waals surface area contributed by atoms with Gasteiger partial charge in [0.15, 0.2) is 0 Å². The molecule has 0 saturated carbocycles. The maximum absolute atomic E-state index is 12.9. The number of hydrogen-bond donors (Lipinski definition) is 3. The van der Waals surface area contributed by atoms with Crippen LogP contribution in [0.5, 0.6) is 0 Å². The number of para-hydroxylation sites is 1. The molecule has 4 heterocycles. The van der Waals surface area contributed by atoms with Crippen LogP contribution in [0.4, 0.5) is 11.4 Å². The summed E-state index contributed by atoms with van der Waals surface area (Å²) in [6.45, 7) is 0.134. The van der Waals surface area contributed by atoms with Crippen LogP contribution >= 0.6 is 11.3 Å². The van der Waals surface area contributed by atoms with Gasteiger partial charge in [0.1, 0.15) is 28.7 Å². The number of imidazole rings is 1. The maximum atomic E-state index is 12.9. The number of hydrogen-bond acceptors (Lipinski definition) is 7. The lowest BCUT2D eigenvalue weighted by Gasteiger charge is -2.19. The first-order valence-electron chi connectivity index (χ1n) is 11.1. The number of nitrogens with one attached hydrogen (secondary N) is 2. The molecule has 0 radical (unpaired) electrons. The molecular weight excluding hydrogens is 474 g/mol. The third-order valence-corrected chi connectivity index (χ3v) is 6.86. The summed E-state index contributed by atoms with van der Waals surface area (Å²) in [4.78, 5) is 27.5. The monoisotopic (exact) mass is 493 g/mol. The van der Waals surface area contributed by atoms with Gasteiger partial charge in [-0.1, -0.05) is 18.2 Å². The number of anilines is 2. The molecule has 1 amide bonds. The first-order valence-corrected chi connectivity index (χ1v) is 11.9. The third kappa shape index (κ3) is 3.89. The zero-order valence-electron chi connectivity index (χ0n) is 18.8. The molecular formula is C26H19N7O2S. The van der Waals surface area contributed by atoms with Crippen LogP contribution in [0.15, 0.2) is 91.3 Å². The topological polar surface area (TPSA) is 120 Å². The highest BCUT2D eigenvalue weighted by molar-refractivity contribution is 7.19. The zero-order chi connectivity index (χ0) is 24.6. The molecule has 5 aromatic rings. The Kier molecular flexibility index (Phi) is 5.27. The Morgan fingerprint density at radius 1 is 1.11 bits per heavy atom. The van der Waals surface area contributed by atoms with Gasteiger partial charge in [0.2, 0.25) is 0 Å². The SMILES string of the molecule is N=C1C(c2nc3ccccc3s2)=C(O)CN1c1cccc(C(=O)Nc2ccc(-n3ccnc3)nc2)c1. The van der Waals surface area contributed by atoms with Gasteiger partial charge in [0, 0.05) is 23.6 Å². The number of carbonyl (C=O) groups excluding carboxylic acids is 1. The third-order valence-electron chi connectivity index (χ3n) is 5.81. The highest BCUT2D eigenvalue weighted by Crippen LogP contribution is 2.35. The Hall–Kier alpha value is -4.83. The number of thiazole rings is 1. The highest BCUT2D eigenvalue weighted by atomic mass is 32.1. The van der Waals surface area contributed by atoms with Gasteiger partial charge in [-0.2, -0.15) is 0 Å². The molecule has 0 aliphatic carbocycles. The average molecular weight is 494 g/mol. The number of amidine groups is 1. The Labute approximate surface area is 209 Å². The maximum Gasteiger partial charge on any atom is 0.255 e. The molecule has 0 bridgehead atoms. The first-order chi connectivity index (χ1) is 17.6. The van der Waals surface area contributed by atoms with Crippen molar-refractivity contribution in [1.29, 1.82) is 5.41 Å². The van der Waals surface area contributed by atoms with Crippen molar-refractivity contribution in [3.05, 3.63) is 102 Å². The molecule has 1 aliphatic heterocycles. The fourth-order valence-electron chi connectivity index (χ4n) is 4.03. The predicted octanol–water partition coefficient (Wildman–Crippen LogP) is 4.90. The lowest BCUT2D eigenvalue weighted by molar-refractivity contribution is 0.102. The summed E-state index contributed by atoms with van der Waals surface area (Å²) in [7, 11) is 0. The number of rotatable bonds is 5. The number of amides is 1. The van der Waals surface area contributed by atoms with E-state index in [2.05, 4.69) is 20.3 Å². The Morgan fingerprint density at radius 3 is 2.78 bits per heavy atom. The van der Waals surface area contributed by atoms with E-state index in [1.807, 2.05) is 24.3 Å². The summed E-state index contributed by atoms with van der Waals surface area (Å²) >= 11 is 1.44. The Bertz CT molecular complexity index is 1610. The van der Waals surface area contributed by atoms with Crippen molar-refractivity contribution in [2.75, 3.05) is 16.8 Å². The minimum absolute atomic E-state index is 0.0815. The molecule has 2 aromatic carbocycles. The smallest absolute Gasteiger partial charge is 0.255 e. The summed E-state index contributed by atoms with van der Waals surface area (Å²) in [5.74, 6) is 0.612. The molecule has 0 unspecified atom stereocenters. The van der Waals surface area contributed by atoms with E-state index in [0.29, 0.717) is 33.3 Å². The van der Waals surface area contributed by atoms with E-state index in [1.165, 1.54) is 11.3 Å².